The van der Waals surface area contributed by atoms with Gasteiger partial charge in [-0.05, 0) is 50.2 Å². The maximum absolute atomic E-state index is 6.32. The first-order valence-electron chi connectivity index (χ1n) is 7.03. The molecule has 2 unspecified atom stereocenters. The SMILES string of the molecule is CCC(N)C(c1ccncc1)N(C)Cc1ccc(C)o1. The molecule has 0 fully saturated rings. The van der Waals surface area contributed by atoms with Crippen molar-refractivity contribution in [3.8, 4) is 0 Å². The molecule has 0 radical (unpaired) electrons. The number of rotatable bonds is 6. The van der Waals surface area contributed by atoms with Crippen LogP contribution in [0.25, 0.3) is 0 Å². The molecule has 4 heteroatoms. The fourth-order valence-electron chi connectivity index (χ4n) is 2.53. The van der Waals surface area contributed by atoms with Crippen LogP contribution in [0.2, 0.25) is 0 Å². The second-order valence-corrected chi connectivity index (χ2v) is 5.22. The van der Waals surface area contributed by atoms with Gasteiger partial charge < -0.3 is 10.2 Å². The molecule has 0 bridgehead atoms. The van der Waals surface area contributed by atoms with E-state index in [1.54, 1.807) is 0 Å². The van der Waals surface area contributed by atoms with Crippen molar-refractivity contribution in [1.82, 2.24) is 9.88 Å². The molecule has 2 aromatic rings. The molecule has 2 N–H and O–H groups in total. The molecule has 20 heavy (non-hydrogen) atoms. The number of hydrogen-bond acceptors (Lipinski definition) is 4. The van der Waals surface area contributed by atoms with Gasteiger partial charge in [-0.1, -0.05) is 6.92 Å². The Morgan fingerprint density at radius 1 is 1.25 bits per heavy atom. The number of furan rings is 1. The molecule has 2 aromatic heterocycles. The average Bonchev–Trinajstić information content (AvgIpc) is 2.85. The van der Waals surface area contributed by atoms with E-state index >= 15 is 0 Å². The van der Waals surface area contributed by atoms with Crippen LogP contribution in [0.15, 0.2) is 41.1 Å². The highest BCUT2D eigenvalue weighted by atomic mass is 16.3. The Bertz CT molecular complexity index is 524. The lowest BCUT2D eigenvalue weighted by molar-refractivity contribution is 0.187. The van der Waals surface area contributed by atoms with Gasteiger partial charge in [0.2, 0.25) is 0 Å². The van der Waals surface area contributed by atoms with Gasteiger partial charge in [0.1, 0.15) is 11.5 Å². The largest absolute Gasteiger partial charge is 0.465 e. The summed E-state index contributed by atoms with van der Waals surface area (Å²) >= 11 is 0. The zero-order valence-corrected chi connectivity index (χ0v) is 12.4. The number of aromatic nitrogens is 1. The van der Waals surface area contributed by atoms with E-state index in [0.29, 0.717) is 0 Å². The van der Waals surface area contributed by atoms with Crippen molar-refractivity contribution in [3.05, 3.63) is 53.7 Å². The molecule has 0 aliphatic rings. The Morgan fingerprint density at radius 2 is 1.95 bits per heavy atom. The second kappa shape index (κ2) is 6.68. The lowest BCUT2D eigenvalue weighted by Crippen LogP contribution is -2.38. The van der Waals surface area contributed by atoms with Gasteiger partial charge in [0, 0.05) is 18.4 Å². The van der Waals surface area contributed by atoms with Gasteiger partial charge >= 0.3 is 0 Å². The van der Waals surface area contributed by atoms with Crippen LogP contribution in [0.4, 0.5) is 0 Å². The maximum Gasteiger partial charge on any atom is 0.118 e. The van der Waals surface area contributed by atoms with E-state index in [9.17, 15) is 0 Å². The van der Waals surface area contributed by atoms with E-state index in [4.69, 9.17) is 10.2 Å². The third kappa shape index (κ3) is 3.46. The van der Waals surface area contributed by atoms with Crippen LogP contribution in [0.1, 0.15) is 36.5 Å². The highest BCUT2D eigenvalue weighted by Crippen LogP contribution is 2.25. The molecule has 2 rings (SSSR count). The first-order chi connectivity index (χ1) is 9.61. The lowest BCUT2D eigenvalue weighted by Gasteiger charge is -2.32. The molecule has 4 nitrogen and oxygen atoms in total. The first kappa shape index (κ1) is 14.8. The van der Waals surface area contributed by atoms with Crippen LogP contribution in [-0.2, 0) is 6.54 Å². The Hall–Kier alpha value is -1.65. The average molecular weight is 273 g/mol. The maximum atomic E-state index is 6.32. The quantitative estimate of drug-likeness (QED) is 0.879. The van der Waals surface area contributed by atoms with Crippen molar-refractivity contribution in [2.24, 2.45) is 5.73 Å². The van der Waals surface area contributed by atoms with Crippen LogP contribution in [0.5, 0.6) is 0 Å². The summed E-state index contributed by atoms with van der Waals surface area (Å²) < 4.78 is 5.66. The number of hydrogen-bond donors (Lipinski definition) is 1. The topological polar surface area (TPSA) is 55.3 Å². The molecule has 0 aliphatic heterocycles. The van der Waals surface area contributed by atoms with Gasteiger partial charge in [-0.15, -0.1) is 0 Å². The first-order valence-corrected chi connectivity index (χ1v) is 7.03. The molecule has 0 saturated carbocycles. The van der Waals surface area contributed by atoms with Crippen molar-refractivity contribution in [2.45, 2.75) is 38.9 Å². The summed E-state index contributed by atoms with van der Waals surface area (Å²) in [6.45, 7) is 4.82. The summed E-state index contributed by atoms with van der Waals surface area (Å²) in [5.41, 5.74) is 7.51. The fourth-order valence-corrected chi connectivity index (χ4v) is 2.53. The Morgan fingerprint density at radius 3 is 2.50 bits per heavy atom. The Kier molecular flexibility index (Phi) is 4.93. The standard InChI is InChI=1S/C16H23N3O/c1-4-15(17)16(13-7-9-18-10-8-13)19(3)11-14-6-5-12(2)20-14/h5-10,15-16H,4,11,17H2,1-3H3. The van der Waals surface area contributed by atoms with E-state index in [1.807, 2.05) is 43.6 Å². The molecule has 0 aromatic carbocycles. The Balaban J connectivity index is 2.18. The highest BCUT2D eigenvalue weighted by Gasteiger charge is 2.23. The van der Waals surface area contributed by atoms with Gasteiger partial charge in [-0.25, -0.2) is 0 Å². The van der Waals surface area contributed by atoms with E-state index in [1.165, 1.54) is 5.56 Å². The zero-order valence-electron chi connectivity index (χ0n) is 12.4. The Labute approximate surface area is 120 Å². The number of likely N-dealkylation sites (N-methyl/N-ethyl adjacent to an activating group) is 1. The van der Waals surface area contributed by atoms with Crippen molar-refractivity contribution < 1.29 is 4.42 Å². The van der Waals surface area contributed by atoms with E-state index < -0.39 is 0 Å². The molecule has 108 valence electrons. The molecule has 0 aliphatic carbocycles. The van der Waals surface area contributed by atoms with Crippen molar-refractivity contribution in [1.29, 1.82) is 0 Å². The molecule has 0 amide bonds. The summed E-state index contributed by atoms with van der Waals surface area (Å²) in [4.78, 5) is 6.32. The smallest absolute Gasteiger partial charge is 0.118 e. The minimum atomic E-state index is 0.0819. The van der Waals surface area contributed by atoms with Gasteiger partial charge in [-0.2, -0.15) is 0 Å². The third-order valence-electron chi connectivity index (χ3n) is 3.60. The predicted octanol–water partition coefficient (Wildman–Crippen LogP) is 2.89. The second-order valence-electron chi connectivity index (χ2n) is 5.22. The van der Waals surface area contributed by atoms with E-state index in [-0.39, 0.29) is 12.1 Å². The van der Waals surface area contributed by atoms with Gasteiger partial charge in [0.05, 0.1) is 12.6 Å². The van der Waals surface area contributed by atoms with Crippen LogP contribution < -0.4 is 5.73 Å². The third-order valence-corrected chi connectivity index (χ3v) is 3.60. The predicted molar refractivity (Wildman–Crippen MR) is 80.2 cm³/mol. The van der Waals surface area contributed by atoms with Crippen LogP contribution in [-0.4, -0.2) is 23.0 Å². The molecule has 2 atom stereocenters. The summed E-state index contributed by atoms with van der Waals surface area (Å²) in [7, 11) is 2.08. The van der Waals surface area contributed by atoms with Crippen molar-refractivity contribution in [3.63, 3.8) is 0 Å². The molecule has 2 heterocycles. The van der Waals surface area contributed by atoms with Gasteiger partial charge in [0.15, 0.2) is 0 Å². The van der Waals surface area contributed by atoms with E-state index in [2.05, 4.69) is 23.9 Å². The molecular weight excluding hydrogens is 250 g/mol. The molecule has 0 spiro atoms. The van der Waals surface area contributed by atoms with Gasteiger partial charge in [-0.3, -0.25) is 9.88 Å². The summed E-state index contributed by atoms with van der Waals surface area (Å²) in [6, 6.07) is 8.32. The van der Waals surface area contributed by atoms with Crippen molar-refractivity contribution >= 4 is 0 Å². The number of nitrogens with two attached hydrogens (primary N) is 1. The summed E-state index contributed by atoms with van der Waals surface area (Å²) in [5.74, 6) is 1.90. The van der Waals surface area contributed by atoms with Gasteiger partial charge in [0.25, 0.3) is 0 Å². The van der Waals surface area contributed by atoms with Crippen LogP contribution in [0.3, 0.4) is 0 Å². The summed E-state index contributed by atoms with van der Waals surface area (Å²) in [5, 5.41) is 0. The number of aryl methyl sites for hydroxylation is 1. The minimum Gasteiger partial charge on any atom is -0.465 e. The molecule has 0 saturated heterocycles. The van der Waals surface area contributed by atoms with Crippen LogP contribution >= 0.6 is 0 Å². The number of nitrogens with zero attached hydrogens (tertiary/aromatic N) is 2. The normalized spacial score (nSPS) is 14.4. The number of pyridine rings is 1. The van der Waals surface area contributed by atoms with Crippen LogP contribution in [0, 0.1) is 6.92 Å². The van der Waals surface area contributed by atoms with Crippen molar-refractivity contribution in [2.75, 3.05) is 7.05 Å². The fraction of sp³-hybridized carbons (Fsp3) is 0.438. The zero-order chi connectivity index (χ0) is 14.5. The summed E-state index contributed by atoms with van der Waals surface area (Å²) in [6.07, 6.45) is 4.56. The minimum absolute atomic E-state index is 0.0819. The lowest BCUT2D eigenvalue weighted by atomic mass is 9.97. The highest BCUT2D eigenvalue weighted by molar-refractivity contribution is 5.18. The monoisotopic (exact) mass is 273 g/mol. The molecular formula is C16H23N3O. The van der Waals surface area contributed by atoms with E-state index in [0.717, 1.165) is 24.5 Å².